The highest BCUT2D eigenvalue weighted by molar-refractivity contribution is 9.10. The maximum absolute atomic E-state index is 6.28. The molecule has 2 N–H and O–H groups in total. The van der Waals surface area contributed by atoms with Gasteiger partial charge >= 0.3 is 0 Å². The summed E-state index contributed by atoms with van der Waals surface area (Å²) in [7, 11) is 2.26. The summed E-state index contributed by atoms with van der Waals surface area (Å²) < 4.78 is 1.18. The smallest absolute Gasteiger partial charge is 0.0588 e. The molecule has 1 heterocycles. The lowest BCUT2D eigenvalue weighted by atomic mass is 9.88. The Morgan fingerprint density at radius 3 is 2.75 bits per heavy atom. The van der Waals surface area contributed by atoms with Crippen molar-refractivity contribution in [3.05, 3.63) is 20.8 Å². The van der Waals surface area contributed by atoms with Crippen molar-refractivity contribution < 1.29 is 0 Å². The van der Waals surface area contributed by atoms with E-state index in [0.29, 0.717) is 6.04 Å². The molecule has 0 spiro atoms. The number of halogens is 1. The normalized spacial score (nSPS) is 31.9. The van der Waals surface area contributed by atoms with Crippen molar-refractivity contribution in [2.75, 3.05) is 13.6 Å². The maximum atomic E-state index is 6.28. The summed E-state index contributed by atoms with van der Waals surface area (Å²) in [6.07, 6.45) is 5.90. The molecule has 5 atom stereocenters. The van der Waals surface area contributed by atoms with Crippen molar-refractivity contribution >= 4 is 27.3 Å². The van der Waals surface area contributed by atoms with Gasteiger partial charge in [-0.15, -0.1) is 11.3 Å². The maximum Gasteiger partial charge on any atom is 0.0588 e. The number of nitrogens with two attached hydrogens (primary N) is 1. The van der Waals surface area contributed by atoms with Crippen molar-refractivity contribution in [1.82, 2.24) is 4.90 Å². The van der Waals surface area contributed by atoms with Crippen LogP contribution >= 0.6 is 27.3 Å². The SMILES string of the molecule is CC(N)C(c1cc(Br)cs1)N(C)CC1CC2CCC1C2. The number of nitrogens with zero attached hydrogens (tertiary/aromatic N) is 1. The van der Waals surface area contributed by atoms with E-state index < -0.39 is 0 Å². The van der Waals surface area contributed by atoms with Gasteiger partial charge in [-0.05, 0) is 73.0 Å². The molecule has 112 valence electrons. The Kier molecular flexibility index (Phi) is 4.56. The molecule has 5 unspecified atom stereocenters. The van der Waals surface area contributed by atoms with Crippen LogP contribution in [0, 0.1) is 17.8 Å². The van der Waals surface area contributed by atoms with Crippen molar-refractivity contribution in [1.29, 1.82) is 0 Å². The molecule has 2 bridgehead atoms. The van der Waals surface area contributed by atoms with Gasteiger partial charge in [-0.1, -0.05) is 6.42 Å². The van der Waals surface area contributed by atoms with E-state index in [4.69, 9.17) is 5.73 Å². The Balaban J connectivity index is 1.68. The second kappa shape index (κ2) is 6.07. The molecule has 3 rings (SSSR count). The molecule has 2 nitrogen and oxygen atoms in total. The molecule has 2 fully saturated rings. The third-order valence-electron chi connectivity index (χ3n) is 5.26. The molecule has 0 amide bonds. The average Bonchev–Trinajstić information content (AvgIpc) is 3.06. The highest BCUT2D eigenvalue weighted by Gasteiger charge is 2.40. The van der Waals surface area contributed by atoms with Crippen LogP contribution in [0.5, 0.6) is 0 Å². The number of fused-ring (bicyclic) bond motifs is 2. The number of hydrogen-bond acceptors (Lipinski definition) is 3. The molecule has 1 aromatic heterocycles. The Hall–Kier alpha value is 0.1000. The van der Waals surface area contributed by atoms with Crippen LogP contribution in [0.25, 0.3) is 0 Å². The predicted molar refractivity (Wildman–Crippen MR) is 90.0 cm³/mol. The van der Waals surface area contributed by atoms with E-state index in [1.807, 2.05) is 11.3 Å². The summed E-state index contributed by atoms with van der Waals surface area (Å²) in [5.41, 5.74) is 6.28. The molecule has 4 heteroatoms. The Bertz CT molecular complexity index is 459. The first-order valence-corrected chi connectivity index (χ1v) is 9.41. The first kappa shape index (κ1) is 15.0. The summed E-state index contributed by atoms with van der Waals surface area (Å²) in [5, 5.41) is 2.16. The highest BCUT2D eigenvalue weighted by atomic mass is 79.9. The molecule has 2 saturated carbocycles. The van der Waals surface area contributed by atoms with Crippen LogP contribution < -0.4 is 5.73 Å². The van der Waals surface area contributed by atoms with E-state index in [0.717, 1.165) is 17.8 Å². The molecule has 2 aliphatic rings. The van der Waals surface area contributed by atoms with Gasteiger partial charge in [-0.2, -0.15) is 0 Å². The fraction of sp³-hybridized carbons (Fsp3) is 0.750. The van der Waals surface area contributed by atoms with Crippen LogP contribution in [0.2, 0.25) is 0 Å². The molecule has 2 aliphatic carbocycles. The van der Waals surface area contributed by atoms with E-state index in [9.17, 15) is 0 Å². The Morgan fingerprint density at radius 1 is 1.45 bits per heavy atom. The van der Waals surface area contributed by atoms with E-state index >= 15 is 0 Å². The van der Waals surface area contributed by atoms with Crippen LogP contribution in [-0.2, 0) is 0 Å². The van der Waals surface area contributed by atoms with Gasteiger partial charge in [0.15, 0.2) is 0 Å². The molecular weight excluding hydrogens is 332 g/mol. The zero-order valence-corrected chi connectivity index (χ0v) is 14.8. The first-order valence-electron chi connectivity index (χ1n) is 7.74. The lowest BCUT2D eigenvalue weighted by molar-refractivity contribution is 0.160. The van der Waals surface area contributed by atoms with Crippen LogP contribution in [0.3, 0.4) is 0 Å². The molecule has 0 aliphatic heterocycles. The highest BCUT2D eigenvalue weighted by Crippen LogP contribution is 2.49. The summed E-state index contributed by atoms with van der Waals surface area (Å²) in [4.78, 5) is 3.89. The minimum absolute atomic E-state index is 0.171. The third kappa shape index (κ3) is 2.99. The standard InChI is InChI=1S/C16H25BrN2S/c1-10(18)16(15-7-14(17)9-20-15)19(2)8-13-6-11-3-4-12(13)5-11/h7,9-13,16H,3-6,8,18H2,1-2H3. The van der Waals surface area contributed by atoms with Gasteiger partial charge in [0.2, 0.25) is 0 Å². The van der Waals surface area contributed by atoms with E-state index in [1.54, 1.807) is 0 Å². The molecule has 20 heavy (non-hydrogen) atoms. The van der Waals surface area contributed by atoms with E-state index in [2.05, 4.69) is 46.2 Å². The predicted octanol–water partition coefficient (Wildman–Crippen LogP) is 4.27. The number of thiophene rings is 1. The van der Waals surface area contributed by atoms with Crippen LogP contribution in [-0.4, -0.2) is 24.5 Å². The lowest BCUT2D eigenvalue weighted by Crippen LogP contribution is -2.40. The molecule has 0 saturated heterocycles. The summed E-state index contributed by atoms with van der Waals surface area (Å²) in [5.74, 6) is 2.93. The Morgan fingerprint density at radius 2 is 2.25 bits per heavy atom. The zero-order valence-electron chi connectivity index (χ0n) is 12.4. The van der Waals surface area contributed by atoms with Gasteiger partial charge in [-0.25, -0.2) is 0 Å². The molecule has 1 aromatic rings. The van der Waals surface area contributed by atoms with Gasteiger partial charge in [-0.3, -0.25) is 4.90 Å². The van der Waals surface area contributed by atoms with Gasteiger partial charge in [0.05, 0.1) is 6.04 Å². The molecule has 0 radical (unpaired) electrons. The average molecular weight is 357 g/mol. The van der Waals surface area contributed by atoms with Crippen LogP contribution in [0.1, 0.15) is 43.5 Å². The quantitative estimate of drug-likeness (QED) is 0.853. The summed E-state index contributed by atoms with van der Waals surface area (Å²) in [6, 6.07) is 2.75. The third-order valence-corrected chi connectivity index (χ3v) is 7.02. The van der Waals surface area contributed by atoms with Gasteiger partial charge in [0.1, 0.15) is 0 Å². The topological polar surface area (TPSA) is 29.3 Å². The summed E-state index contributed by atoms with van der Waals surface area (Å²) in [6.45, 7) is 3.35. The number of likely N-dealkylation sites (N-methyl/N-ethyl adjacent to an activating group) is 1. The van der Waals surface area contributed by atoms with Crippen LogP contribution in [0.15, 0.2) is 15.9 Å². The number of rotatable bonds is 5. The largest absolute Gasteiger partial charge is 0.326 e. The fourth-order valence-electron chi connectivity index (χ4n) is 4.44. The van der Waals surface area contributed by atoms with Gasteiger partial charge in [0.25, 0.3) is 0 Å². The number of hydrogen-bond donors (Lipinski definition) is 1. The lowest BCUT2D eigenvalue weighted by Gasteiger charge is -2.34. The second-order valence-corrected chi connectivity index (χ2v) is 8.70. The van der Waals surface area contributed by atoms with Crippen molar-refractivity contribution in [3.63, 3.8) is 0 Å². The van der Waals surface area contributed by atoms with Crippen molar-refractivity contribution in [2.45, 2.75) is 44.7 Å². The van der Waals surface area contributed by atoms with E-state index in [-0.39, 0.29) is 6.04 Å². The Labute approximate surface area is 134 Å². The van der Waals surface area contributed by atoms with Crippen LogP contribution in [0.4, 0.5) is 0 Å². The van der Waals surface area contributed by atoms with Gasteiger partial charge in [0, 0.05) is 27.3 Å². The van der Waals surface area contributed by atoms with E-state index in [1.165, 1.54) is 41.6 Å². The monoisotopic (exact) mass is 356 g/mol. The zero-order chi connectivity index (χ0) is 14.3. The molecular formula is C16H25BrN2S. The van der Waals surface area contributed by atoms with Gasteiger partial charge < -0.3 is 5.73 Å². The minimum Gasteiger partial charge on any atom is -0.326 e. The minimum atomic E-state index is 0.171. The molecule has 0 aromatic carbocycles. The first-order chi connectivity index (χ1) is 9.54. The second-order valence-electron chi connectivity index (χ2n) is 6.85. The summed E-state index contributed by atoms with van der Waals surface area (Å²) >= 11 is 5.38. The van der Waals surface area contributed by atoms with Crippen molar-refractivity contribution in [2.24, 2.45) is 23.5 Å². The van der Waals surface area contributed by atoms with Crippen molar-refractivity contribution in [3.8, 4) is 0 Å². The fourth-order valence-corrected chi connectivity index (χ4v) is 6.17.